The molecule has 0 radical (unpaired) electrons. The lowest BCUT2D eigenvalue weighted by molar-refractivity contribution is 0.655. The van der Waals surface area contributed by atoms with Crippen molar-refractivity contribution in [2.75, 3.05) is 0 Å². The van der Waals surface area contributed by atoms with Crippen LogP contribution in [0.25, 0.3) is 83.9 Å². The molecule has 0 atom stereocenters. The first-order valence-corrected chi connectivity index (χ1v) is 16.6. The Bertz CT molecular complexity index is 2750. The molecule has 0 saturated carbocycles. The summed E-state index contributed by atoms with van der Waals surface area (Å²) in [6, 6.07) is 50.4. The van der Waals surface area contributed by atoms with Gasteiger partial charge in [-0.3, -0.25) is 4.57 Å². The minimum atomic E-state index is -0.309. The van der Waals surface area contributed by atoms with Gasteiger partial charge in [0, 0.05) is 49.7 Å². The summed E-state index contributed by atoms with van der Waals surface area (Å²) < 4.78 is 8.80. The topological polar surface area (TPSA) is 56.7 Å². The highest BCUT2D eigenvalue weighted by atomic mass is 16.3. The number of hydrogen-bond donors (Lipinski definition) is 0. The molecule has 0 N–H and O–H groups in total. The smallest absolute Gasteiger partial charge is 0.160 e. The second-order valence-electron chi connectivity index (χ2n) is 13.2. The zero-order valence-electron chi connectivity index (χ0n) is 27.1. The van der Waals surface area contributed by atoms with E-state index in [9.17, 15) is 0 Å². The van der Waals surface area contributed by atoms with Crippen molar-refractivity contribution in [3.05, 3.63) is 157 Å². The van der Waals surface area contributed by atoms with Crippen LogP contribution in [-0.2, 0) is 5.41 Å². The van der Waals surface area contributed by atoms with E-state index in [-0.39, 0.29) is 5.41 Å². The lowest BCUT2D eigenvalue weighted by atomic mass is 9.80. The number of benzene rings is 6. The van der Waals surface area contributed by atoms with Crippen LogP contribution in [0.5, 0.6) is 0 Å². The lowest BCUT2D eigenvalue weighted by Crippen LogP contribution is -2.17. The summed E-state index contributed by atoms with van der Waals surface area (Å²) in [5.74, 6) is 1.53. The van der Waals surface area contributed by atoms with Crippen LogP contribution in [0.4, 0.5) is 0 Å². The van der Waals surface area contributed by atoms with Gasteiger partial charge in [-0.05, 0) is 48.0 Å². The first kappa shape index (κ1) is 27.8. The fourth-order valence-electron chi connectivity index (χ4n) is 7.73. The van der Waals surface area contributed by atoms with Crippen molar-refractivity contribution in [1.29, 1.82) is 0 Å². The largest absolute Gasteiger partial charge is 0.455 e. The maximum atomic E-state index is 6.58. The third kappa shape index (κ3) is 4.09. The molecule has 0 spiro atoms. The highest BCUT2D eigenvalue weighted by Gasteiger charge is 2.40. The number of nitrogens with zero attached hydrogens (tertiary/aromatic N) is 4. The molecule has 49 heavy (non-hydrogen) atoms. The van der Waals surface area contributed by atoms with E-state index in [4.69, 9.17) is 19.4 Å². The van der Waals surface area contributed by atoms with Crippen LogP contribution in [0.1, 0.15) is 25.0 Å². The van der Waals surface area contributed by atoms with Gasteiger partial charge in [-0.1, -0.05) is 117 Å². The Morgan fingerprint density at radius 3 is 2.14 bits per heavy atom. The van der Waals surface area contributed by atoms with Crippen LogP contribution in [0.2, 0.25) is 0 Å². The van der Waals surface area contributed by atoms with E-state index < -0.39 is 0 Å². The molecule has 5 nitrogen and oxygen atoms in total. The number of furan rings is 1. The van der Waals surface area contributed by atoms with Crippen molar-refractivity contribution in [3.63, 3.8) is 0 Å². The molecule has 0 bridgehead atoms. The molecule has 6 aromatic carbocycles. The Morgan fingerprint density at radius 1 is 0.571 bits per heavy atom. The number of imidazole rings is 1. The normalized spacial score (nSPS) is 13.3. The SMILES string of the molecule is CC1(C)c2ccccc2-c2nc(-c3cccc(-c4nc5ccccc5n4-c4ccccc4)c3)nc(-c3cccc4c3oc3ccccc34)c21. The van der Waals surface area contributed by atoms with Crippen molar-refractivity contribution < 1.29 is 4.42 Å². The van der Waals surface area contributed by atoms with Gasteiger partial charge in [0.2, 0.25) is 0 Å². The fraction of sp³-hybridized carbons (Fsp3) is 0.0682. The molecule has 0 saturated heterocycles. The number of aromatic nitrogens is 4. The predicted molar refractivity (Wildman–Crippen MR) is 198 cm³/mol. The number of rotatable bonds is 4. The van der Waals surface area contributed by atoms with Gasteiger partial charge in [-0.15, -0.1) is 0 Å². The van der Waals surface area contributed by atoms with Crippen LogP contribution < -0.4 is 0 Å². The monoisotopic (exact) mass is 630 g/mol. The summed E-state index contributed by atoms with van der Waals surface area (Å²) in [5.41, 5.74) is 12.7. The molecular weight excluding hydrogens is 601 g/mol. The van der Waals surface area contributed by atoms with Crippen LogP contribution in [-0.4, -0.2) is 19.5 Å². The fourth-order valence-corrected chi connectivity index (χ4v) is 7.73. The first-order chi connectivity index (χ1) is 24.1. The van der Waals surface area contributed by atoms with Crippen molar-refractivity contribution in [1.82, 2.24) is 19.5 Å². The molecule has 1 aliphatic rings. The summed E-state index contributed by atoms with van der Waals surface area (Å²) in [4.78, 5) is 15.9. The van der Waals surface area contributed by atoms with Gasteiger partial charge in [0.15, 0.2) is 5.82 Å². The molecule has 3 heterocycles. The standard InChI is InChI=1S/C44H30N4O/c1-44(2)34-22-8-6-19-32(34)39-38(44)40(33-21-13-20-31-30-18-7-11-25-37(30)49-41(31)33)47-42(46-39)27-14-12-15-28(26-27)43-45-35-23-9-10-24-36(35)48(43)29-16-4-3-5-17-29/h3-26H,1-2H3. The zero-order valence-corrected chi connectivity index (χ0v) is 27.1. The Hall–Kier alpha value is -6.33. The summed E-state index contributed by atoms with van der Waals surface area (Å²) in [6.07, 6.45) is 0. The molecule has 0 unspecified atom stereocenters. The molecule has 9 aromatic rings. The third-order valence-corrected chi connectivity index (χ3v) is 10.0. The molecule has 3 aromatic heterocycles. The molecule has 5 heteroatoms. The summed E-state index contributed by atoms with van der Waals surface area (Å²) >= 11 is 0. The lowest BCUT2D eigenvalue weighted by Gasteiger charge is -2.23. The molecule has 0 fully saturated rings. The van der Waals surface area contributed by atoms with Crippen molar-refractivity contribution in [3.8, 4) is 51.0 Å². The molecule has 1 aliphatic carbocycles. The number of fused-ring (bicyclic) bond motifs is 7. The van der Waals surface area contributed by atoms with E-state index in [0.717, 1.165) is 83.7 Å². The quantitative estimate of drug-likeness (QED) is 0.194. The summed E-state index contributed by atoms with van der Waals surface area (Å²) in [5, 5.41) is 2.18. The minimum Gasteiger partial charge on any atom is -0.455 e. The third-order valence-electron chi connectivity index (χ3n) is 10.0. The van der Waals surface area contributed by atoms with Gasteiger partial charge in [-0.2, -0.15) is 0 Å². The molecule has 10 rings (SSSR count). The number of para-hydroxylation sites is 5. The van der Waals surface area contributed by atoms with Crippen LogP contribution in [0.15, 0.2) is 150 Å². The molecule has 232 valence electrons. The second kappa shape index (κ2) is 10.3. The van der Waals surface area contributed by atoms with Gasteiger partial charge < -0.3 is 4.42 Å². The first-order valence-electron chi connectivity index (χ1n) is 16.6. The second-order valence-corrected chi connectivity index (χ2v) is 13.2. The van der Waals surface area contributed by atoms with Crippen molar-refractivity contribution in [2.45, 2.75) is 19.3 Å². The van der Waals surface area contributed by atoms with Gasteiger partial charge in [-0.25, -0.2) is 15.0 Å². The molecule has 0 amide bonds. The number of hydrogen-bond acceptors (Lipinski definition) is 4. The van der Waals surface area contributed by atoms with E-state index in [1.165, 1.54) is 5.56 Å². The van der Waals surface area contributed by atoms with Crippen LogP contribution >= 0.6 is 0 Å². The summed E-state index contributed by atoms with van der Waals surface area (Å²) in [6.45, 7) is 4.55. The average Bonchev–Trinajstić information content (AvgIpc) is 3.80. The molecular formula is C44H30N4O. The van der Waals surface area contributed by atoms with Gasteiger partial charge in [0.05, 0.1) is 22.4 Å². The molecule has 0 aliphatic heterocycles. The zero-order chi connectivity index (χ0) is 32.7. The highest BCUT2D eigenvalue weighted by molar-refractivity contribution is 6.10. The highest BCUT2D eigenvalue weighted by Crippen LogP contribution is 2.52. The predicted octanol–water partition coefficient (Wildman–Crippen LogP) is 11.0. The Kier molecular flexibility index (Phi) is 5.85. The van der Waals surface area contributed by atoms with E-state index in [0.29, 0.717) is 5.82 Å². The Balaban J connectivity index is 1.23. The maximum absolute atomic E-state index is 6.58. The Labute approximate surface area is 283 Å². The Morgan fingerprint density at radius 2 is 1.24 bits per heavy atom. The van der Waals surface area contributed by atoms with Crippen molar-refractivity contribution >= 4 is 33.0 Å². The van der Waals surface area contributed by atoms with Gasteiger partial charge in [0.25, 0.3) is 0 Å². The van der Waals surface area contributed by atoms with E-state index in [2.05, 4.69) is 140 Å². The van der Waals surface area contributed by atoms with Gasteiger partial charge >= 0.3 is 0 Å². The van der Waals surface area contributed by atoms with Crippen molar-refractivity contribution in [2.24, 2.45) is 0 Å². The van der Waals surface area contributed by atoms with E-state index >= 15 is 0 Å². The summed E-state index contributed by atoms with van der Waals surface area (Å²) in [7, 11) is 0. The van der Waals surface area contributed by atoms with E-state index in [1.54, 1.807) is 0 Å². The van der Waals surface area contributed by atoms with Crippen LogP contribution in [0.3, 0.4) is 0 Å². The average molecular weight is 631 g/mol. The van der Waals surface area contributed by atoms with E-state index in [1.807, 2.05) is 24.3 Å². The minimum absolute atomic E-state index is 0.309. The van der Waals surface area contributed by atoms with Crippen LogP contribution in [0, 0.1) is 0 Å². The maximum Gasteiger partial charge on any atom is 0.160 e. The van der Waals surface area contributed by atoms with Gasteiger partial charge in [0.1, 0.15) is 17.0 Å².